The molecule has 0 saturated heterocycles. The van der Waals surface area contributed by atoms with Crippen molar-refractivity contribution in [1.29, 1.82) is 0 Å². The third-order valence-corrected chi connectivity index (χ3v) is 4.93. The van der Waals surface area contributed by atoms with Crippen molar-refractivity contribution >= 4 is 17.1 Å². The van der Waals surface area contributed by atoms with E-state index in [9.17, 15) is 8.94 Å². The van der Waals surface area contributed by atoms with E-state index in [0.29, 0.717) is 30.9 Å². The first-order valence-corrected chi connectivity index (χ1v) is 9.35. The topological polar surface area (TPSA) is 44.7 Å². The second kappa shape index (κ2) is 9.13. The highest BCUT2D eigenvalue weighted by atomic mass is 32.2. The SMILES string of the molecule is CC(C)(C)[S+]([O-])/N=C(\CCOCc1ccccc1)c1ccccc1F. The Morgan fingerprint density at radius 2 is 1.72 bits per heavy atom. The Kier molecular flexibility index (Phi) is 7.17. The van der Waals surface area contributed by atoms with Gasteiger partial charge in [-0.3, -0.25) is 0 Å². The number of hydrogen-bond acceptors (Lipinski definition) is 3. The molecule has 2 aromatic carbocycles. The third-order valence-electron chi connectivity index (χ3n) is 3.50. The van der Waals surface area contributed by atoms with Gasteiger partial charge in [0.15, 0.2) is 0 Å². The zero-order valence-corrected chi connectivity index (χ0v) is 15.7. The van der Waals surface area contributed by atoms with Gasteiger partial charge in [-0.1, -0.05) is 52.9 Å². The quantitative estimate of drug-likeness (QED) is 0.408. The molecule has 3 nitrogen and oxygen atoms in total. The molecule has 134 valence electrons. The number of ether oxygens (including phenoxy) is 1. The van der Waals surface area contributed by atoms with Crippen LogP contribution in [0.4, 0.5) is 4.39 Å². The summed E-state index contributed by atoms with van der Waals surface area (Å²) < 4.78 is 36.0. The van der Waals surface area contributed by atoms with Gasteiger partial charge in [-0.25, -0.2) is 4.39 Å². The number of benzene rings is 2. The van der Waals surface area contributed by atoms with Crippen molar-refractivity contribution < 1.29 is 13.7 Å². The predicted octanol–water partition coefficient (Wildman–Crippen LogP) is 4.68. The Bertz CT molecular complexity index is 698. The van der Waals surface area contributed by atoms with Crippen LogP contribution in [0.1, 0.15) is 38.3 Å². The zero-order valence-electron chi connectivity index (χ0n) is 14.9. The predicted molar refractivity (Wildman–Crippen MR) is 102 cm³/mol. The van der Waals surface area contributed by atoms with Crippen LogP contribution in [-0.2, 0) is 22.7 Å². The van der Waals surface area contributed by atoms with E-state index in [2.05, 4.69) is 4.40 Å². The number of rotatable bonds is 7. The first-order valence-electron chi connectivity index (χ1n) is 8.24. The molecule has 0 bridgehead atoms. The van der Waals surface area contributed by atoms with Crippen molar-refractivity contribution in [3.05, 3.63) is 71.5 Å². The maximum Gasteiger partial charge on any atom is 0.144 e. The lowest BCUT2D eigenvalue weighted by molar-refractivity contribution is 0.128. The van der Waals surface area contributed by atoms with Gasteiger partial charge in [0.25, 0.3) is 0 Å². The average Bonchev–Trinajstić information content (AvgIpc) is 2.58. The van der Waals surface area contributed by atoms with Gasteiger partial charge < -0.3 is 9.29 Å². The van der Waals surface area contributed by atoms with Crippen molar-refractivity contribution in [2.45, 2.75) is 38.5 Å². The Balaban J connectivity index is 2.07. The highest BCUT2D eigenvalue weighted by Gasteiger charge is 2.27. The summed E-state index contributed by atoms with van der Waals surface area (Å²) in [6, 6.07) is 16.3. The molecule has 0 spiro atoms. The Labute approximate surface area is 152 Å². The summed E-state index contributed by atoms with van der Waals surface area (Å²) in [6.45, 7) is 6.39. The van der Waals surface area contributed by atoms with Gasteiger partial charge in [0.05, 0.1) is 13.2 Å². The van der Waals surface area contributed by atoms with E-state index < -0.39 is 16.1 Å². The molecule has 0 aromatic heterocycles. The second-order valence-corrected chi connectivity index (χ2v) is 8.57. The molecule has 0 aliphatic carbocycles. The minimum absolute atomic E-state index is 0.366. The summed E-state index contributed by atoms with van der Waals surface area (Å²) in [5, 5.41) is 0. The number of hydrogen-bond donors (Lipinski definition) is 0. The molecule has 0 aliphatic rings. The molecule has 0 radical (unpaired) electrons. The molecule has 1 unspecified atom stereocenters. The van der Waals surface area contributed by atoms with Gasteiger partial charge in [0.2, 0.25) is 0 Å². The van der Waals surface area contributed by atoms with E-state index in [1.54, 1.807) is 18.2 Å². The van der Waals surface area contributed by atoms with Crippen molar-refractivity contribution in [2.24, 2.45) is 4.40 Å². The smallest absolute Gasteiger partial charge is 0.144 e. The highest BCUT2D eigenvalue weighted by Crippen LogP contribution is 2.20. The third kappa shape index (κ3) is 6.27. The second-order valence-electron chi connectivity index (χ2n) is 6.67. The van der Waals surface area contributed by atoms with Gasteiger partial charge in [-0.15, -0.1) is 0 Å². The normalized spacial score (nSPS) is 13.7. The fourth-order valence-electron chi connectivity index (χ4n) is 2.09. The maximum atomic E-state index is 14.1. The van der Waals surface area contributed by atoms with Crippen molar-refractivity contribution in [3.63, 3.8) is 0 Å². The summed E-state index contributed by atoms with van der Waals surface area (Å²) in [5.74, 6) is -0.366. The molecule has 2 aromatic rings. The number of halogens is 1. The van der Waals surface area contributed by atoms with Crippen LogP contribution in [0.2, 0.25) is 0 Å². The fourth-order valence-corrected chi connectivity index (χ4v) is 2.76. The van der Waals surface area contributed by atoms with Crippen LogP contribution >= 0.6 is 0 Å². The summed E-state index contributed by atoms with van der Waals surface area (Å²) in [4.78, 5) is 0. The van der Waals surface area contributed by atoms with E-state index in [1.165, 1.54) is 6.07 Å². The Hall–Kier alpha value is -1.69. The van der Waals surface area contributed by atoms with Crippen LogP contribution in [0, 0.1) is 5.82 Å². The largest absolute Gasteiger partial charge is 0.591 e. The van der Waals surface area contributed by atoms with Gasteiger partial charge >= 0.3 is 0 Å². The molecule has 1 atom stereocenters. The molecule has 2 rings (SSSR count). The van der Waals surface area contributed by atoms with Crippen LogP contribution < -0.4 is 0 Å². The van der Waals surface area contributed by atoms with Crippen molar-refractivity contribution in [3.8, 4) is 0 Å². The van der Waals surface area contributed by atoms with Crippen LogP contribution in [-0.4, -0.2) is 21.6 Å². The molecule has 0 amide bonds. The summed E-state index contributed by atoms with van der Waals surface area (Å²) >= 11 is -1.45. The highest BCUT2D eigenvalue weighted by molar-refractivity contribution is 7.91. The van der Waals surface area contributed by atoms with Crippen molar-refractivity contribution in [1.82, 2.24) is 0 Å². The lowest BCUT2D eigenvalue weighted by atomic mass is 10.1. The van der Waals surface area contributed by atoms with Crippen LogP contribution in [0.15, 0.2) is 59.0 Å². The standard InChI is InChI=1S/C20H24FNO2S/c1-20(2,3)25(23)22-19(17-11-7-8-12-18(17)21)13-14-24-15-16-9-5-4-6-10-16/h4-12H,13-15H2,1-3H3/b22-19+. The van der Waals surface area contributed by atoms with E-state index in [-0.39, 0.29) is 5.82 Å². The maximum absolute atomic E-state index is 14.1. The minimum atomic E-state index is -1.45. The Morgan fingerprint density at radius 1 is 1.08 bits per heavy atom. The monoisotopic (exact) mass is 361 g/mol. The fraction of sp³-hybridized carbons (Fsp3) is 0.350. The van der Waals surface area contributed by atoms with Gasteiger partial charge in [-0.2, -0.15) is 0 Å². The van der Waals surface area contributed by atoms with E-state index in [0.717, 1.165) is 5.56 Å². The zero-order chi connectivity index (χ0) is 18.3. The van der Waals surface area contributed by atoms with Crippen LogP contribution in [0.3, 0.4) is 0 Å². The summed E-state index contributed by atoms with van der Waals surface area (Å²) in [6.07, 6.45) is 0.398. The Morgan fingerprint density at radius 3 is 2.36 bits per heavy atom. The van der Waals surface area contributed by atoms with E-state index in [4.69, 9.17) is 4.74 Å². The van der Waals surface area contributed by atoms with Gasteiger partial charge in [0, 0.05) is 12.0 Å². The molecule has 25 heavy (non-hydrogen) atoms. The molecule has 0 aliphatic heterocycles. The van der Waals surface area contributed by atoms with Gasteiger partial charge in [0.1, 0.15) is 27.6 Å². The molecule has 0 N–H and O–H groups in total. The molecule has 5 heteroatoms. The van der Waals surface area contributed by atoms with Crippen molar-refractivity contribution in [2.75, 3.05) is 6.61 Å². The first kappa shape index (κ1) is 19.6. The van der Waals surface area contributed by atoms with Crippen LogP contribution in [0.5, 0.6) is 0 Å². The lowest BCUT2D eigenvalue weighted by Gasteiger charge is -2.19. The molecule has 0 saturated carbocycles. The van der Waals surface area contributed by atoms with E-state index >= 15 is 0 Å². The molecular formula is C20H24FNO2S. The minimum Gasteiger partial charge on any atom is -0.591 e. The molecule has 0 heterocycles. The van der Waals surface area contributed by atoms with E-state index in [1.807, 2.05) is 51.1 Å². The lowest BCUT2D eigenvalue weighted by Crippen LogP contribution is -2.27. The summed E-state index contributed by atoms with van der Waals surface area (Å²) in [5.41, 5.74) is 1.92. The average molecular weight is 361 g/mol. The first-order chi connectivity index (χ1) is 11.9. The molecular weight excluding hydrogens is 337 g/mol. The number of nitrogens with zero attached hydrogens (tertiary/aromatic N) is 1. The van der Waals surface area contributed by atoms with Gasteiger partial charge in [-0.05, 0) is 32.4 Å². The molecule has 0 fully saturated rings. The summed E-state index contributed by atoms with van der Waals surface area (Å²) in [7, 11) is 0. The van der Waals surface area contributed by atoms with Crippen LogP contribution in [0.25, 0.3) is 0 Å².